The highest BCUT2D eigenvalue weighted by molar-refractivity contribution is 8.18. The van der Waals surface area contributed by atoms with E-state index in [4.69, 9.17) is 11.6 Å². The van der Waals surface area contributed by atoms with Crippen LogP contribution in [0, 0.1) is 0 Å². The highest BCUT2D eigenvalue weighted by Crippen LogP contribution is 2.32. The van der Waals surface area contributed by atoms with E-state index >= 15 is 0 Å². The zero-order chi connectivity index (χ0) is 18.7. The van der Waals surface area contributed by atoms with Crippen LogP contribution >= 0.6 is 35.1 Å². The maximum absolute atomic E-state index is 12.4. The molecule has 0 radical (unpaired) electrons. The summed E-state index contributed by atoms with van der Waals surface area (Å²) in [6, 6.07) is 6.66. The highest BCUT2D eigenvalue weighted by atomic mass is 35.5. The summed E-state index contributed by atoms with van der Waals surface area (Å²) in [6.07, 6.45) is 1.09. The van der Waals surface area contributed by atoms with Gasteiger partial charge >= 0.3 is 0 Å². The van der Waals surface area contributed by atoms with Gasteiger partial charge in [0.05, 0.1) is 17.1 Å². The van der Waals surface area contributed by atoms with Crippen LogP contribution in [0.3, 0.4) is 0 Å². The van der Waals surface area contributed by atoms with Crippen LogP contribution in [-0.2, 0) is 9.59 Å². The zero-order valence-electron chi connectivity index (χ0n) is 13.7. The van der Waals surface area contributed by atoms with E-state index in [1.165, 1.54) is 0 Å². The summed E-state index contributed by atoms with van der Waals surface area (Å²) >= 11 is 8.27. The lowest BCUT2D eigenvalue weighted by Crippen LogP contribution is -2.43. The number of aliphatic hydroxyl groups is 1. The van der Waals surface area contributed by atoms with Crippen molar-refractivity contribution < 1.29 is 19.5 Å². The molecule has 3 rings (SSSR count). The summed E-state index contributed by atoms with van der Waals surface area (Å²) in [4.78, 5) is 37.9. The van der Waals surface area contributed by atoms with Gasteiger partial charge in [0.15, 0.2) is 0 Å². The highest BCUT2D eigenvalue weighted by Gasteiger charge is 2.35. The Morgan fingerprint density at radius 2 is 2.04 bits per heavy atom. The average molecular weight is 413 g/mol. The van der Waals surface area contributed by atoms with Crippen molar-refractivity contribution in [2.75, 3.05) is 18.1 Å². The summed E-state index contributed by atoms with van der Waals surface area (Å²) in [7, 11) is 0. The third-order valence-corrected chi connectivity index (χ3v) is 6.33. The maximum atomic E-state index is 12.4. The fourth-order valence-corrected chi connectivity index (χ4v) is 4.74. The van der Waals surface area contributed by atoms with E-state index in [2.05, 4.69) is 5.32 Å². The monoisotopic (exact) mass is 412 g/mol. The predicted molar refractivity (Wildman–Crippen MR) is 104 cm³/mol. The molecule has 0 unspecified atom stereocenters. The summed E-state index contributed by atoms with van der Waals surface area (Å²) in [6.45, 7) is 0.0183. The molecule has 2 fully saturated rings. The van der Waals surface area contributed by atoms with Gasteiger partial charge in [0.2, 0.25) is 5.91 Å². The first kappa shape index (κ1) is 19.3. The van der Waals surface area contributed by atoms with E-state index in [1.807, 2.05) is 0 Å². The number of halogens is 1. The van der Waals surface area contributed by atoms with Crippen molar-refractivity contribution in [3.8, 4) is 0 Å². The minimum Gasteiger partial charge on any atom is -0.390 e. The van der Waals surface area contributed by atoms with E-state index in [0.717, 1.165) is 22.2 Å². The van der Waals surface area contributed by atoms with Gasteiger partial charge in [0.25, 0.3) is 11.1 Å². The molecule has 0 saturated carbocycles. The molecular weight excluding hydrogens is 396 g/mol. The minimum atomic E-state index is -0.552. The van der Waals surface area contributed by atoms with E-state index in [9.17, 15) is 19.5 Å². The van der Waals surface area contributed by atoms with Crippen LogP contribution in [0.25, 0.3) is 6.08 Å². The van der Waals surface area contributed by atoms with Crippen molar-refractivity contribution in [1.29, 1.82) is 0 Å². The Hall–Kier alpha value is -1.48. The molecule has 1 aromatic rings. The SMILES string of the molecule is O=C(CCN1C(=O)S/C(=C\c2ccc(Cl)cc2)C1=O)N[C@H]1CSC[C@@H]1O. The van der Waals surface area contributed by atoms with Crippen molar-refractivity contribution in [2.24, 2.45) is 0 Å². The number of carbonyl (C=O) groups is 3. The van der Waals surface area contributed by atoms with Gasteiger partial charge in [0.1, 0.15) is 0 Å². The molecule has 1 aromatic carbocycles. The maximum Gasteiger partial charge on any atom is 0.293 e. The molecule has 2 saturated heterocycles. The normalized spacial score (nSPS) is 24.5. The number of nitrogens with one attached hydrogen (secondary N) is 1. The van der Waals surface area contributed by atoms with E-state index in [1.54, 1.807) is 42.1 Å². The molecule has 2 atom stereocenters. The standard InChI is InChI=1S/C17H17ClN2O4S2/c18-11-3-1-10(2-4-11)7-14-16(23)20(17(24)26-14)6-5-15(22)19-12-8-25-9-13(12)21/h1-4,7,12-13,21H,5-6,8-9H2,(H,19,22)/b14-7-/t12-,13-/m0/s1. The van der Waals surface area contributed by atoms with E-state index < -0.39 is 12.0 Å². The lowest BCUT2D eigenvalue weighted by molar-refractivity contribution is -0.124. The number of aliphatic hydroxyl groups excluding tert-OH is 1. The van der Waals surface area contributed by atoms with Gasteiger partial charge in [-0.25, -0.2) is 0 Å². The molecule has 0 bridgehead atoms. The Balaban J connectivity index is 1.57. The summed E-state index contributed by atoms with van der Waals surface area (Å²) < 4.78 is 0. The number of imide groups is 1. The Kier molecular flexibility index (Phi) is 6.29. The third-order valence-electron chi connectivity index (χ3n) is 4.00. The molecule has 2 aliphatic rings. The van der Waals surface area contributed by atoms with Crippen LogP contribution in [0.2, 0.25) is 5.02 Å². The number of rotatable bonds is 5. The van der Waals surface area contributed by atoms with Gasteiger partial charge in [-0.1, -0.05) is 23.7 Å². The fraction of sp³-hybridized carbons (Fsp3) is 0.353. The average Bonchev–Trinajstić information content (AvgIpc) is 3.12. The Morgan fingerprint density at radius 1 is 1.31 bits per heavy atom. The lowest BCUT2D eigenvalue weighted by atomic mass is 10.2. The molecule has 2 heterocycles. The lowest BCUT2D eigenvalue weighted by Gasteiger charge is -2.17. The van der Waals surface area contributed by atoms with Gasteiger partial charge in [-0.15, -0.1) is 0 Å². The number of hydrogen-bond donors (Lipinski definition) is 2. The van der Waals surface area contributed by atoms with Crippen molar-refractivity contribution in [3.05, 3.63) is 39.8 Å². The second-order valence-electron chi connectivity index (χ2n) is 5.91. The molecule has 6 nitrogen and oxygen atoms in total. The largest absolute Gasteiger partial charge is 0.390 e. The Bertz CT molecular complexity index is 754. The molecule has 2 aliphatic heterocycles. The second kappa shape index (κ2) is 8.47. The molecule has 26 heavy (non-hydrogen) atoms. The van der Waals surface area contributed by atoms with E-state index in [0.29, 0.717) is 21.4 Å². The quantitative estimate of drug-likeness (QED) is 0.722. The Morgan fingerprint density at radius 3 is 2.69 bits per heavy atom. The number of carbonyl (C=O) groups excluding carboxylic acids is 3. The topological polar surface area (TPSA) is 86.7 Å². The van der Waals surface area contributed by atoms with Crippen molar-refractivity contribution in [2.45, 2.75) is 18.6 Å². The summed E-state index contributed by atoms with van der Waals surface area (Å²) in [5.41, 5.74) is 0.769. The van der Waals surface area contributed by atoms with Gasteiger partial charge in [0, 0.05) is 29.5 Å². The summed E-state index contributed by atoms with van der Waals surface area (Å²) in [5.74, 6) is 0.582. The smallest absolute Gasteiger partial charge is 0.293 e. The fourth-order valence-electron chi connectivity index (χ4n) is 2.58. The number of benzene rings is 1. The third kappa shape index (κ3) is 4.62. The predicted octanol–water partition coefficient (Wildman–Crippen LogP) is 2.36. The van der Waals surface area contributed by atoms with Crippen molar-refractivity contribution in [3.63, 3.8) is 0 Å². The van der Waals surface area contributed by atoms with Crippen molar-refractivity contribution >= 4 is 58.3 Å². The summed E-state index contributed by atoms with van der Waals surface area (Å²) in [5, 5.41) is 12.7. The van der Waals surface area contributed by atoms with Gasteiger partial charge in [-0.2, -0.15) is 11.8 Å². The number of thioether (sulfide) groups is 2. The molecule has 0 aliphatic carbocycles. The van der Waals surface area contributed by atoms with Gasteiger partial charge < -0.3 is 10.4 Å². The molecule has 0 aromatic heterocycles. The molecule has 0 spiro atoms. The van der Waals surface area contributed by atoms with Crippen LogP contribution in [0.1, 0.15) is 12.0 Å². The zero-order valence-corrected chi connectivity index (χ0v) is 16.1. The van der Waals surface area contributed by atoms with Gasteiger partial charge in [-0.05, 0) is 35.5 Å². The van der Waals surface area contributed by atoms with Crippen LogP contribution in [-0.4, -0.2) is 57.3 Å². The van der Waals surface area contributed by atoms with Crippen LogP contribution < -0.4 is 5.32 Å². The first-order valence-corrected chi connectivity index (χ1v) is 10.3. The number of amides is 3. The Labute approximate surface area is 164 Å². The first-order valence-electron chi connectivity index (χ1n) is 8.00. The molecular formula is C17H17ClN2O4S2. The first-order chi connectivity index (χ1) is 12.4. The van der Waals surface area contributed by atoms with Gasteiger partial charge in [-0.3, -0.25) is 19.3 Å². The van der Waals surface area contributed by atoms with Crippen LogP contribution in [0.15, 0.2) is 29.2 Å². The van der Waals surface area contributed by atoms with Crippen LogP contribution in [0.5, 0.6) is 0 Å². The second-order valence-corrected chi connectivity index (χ2v) is 8.42. The van der Waals surface area contributed by atoms with Crippen LogP contribution in [0.4, 0.5) is 4.79 Å². The number of hydrogen-bond acceptors (Lipinski definition) is 6. The molecule has 138 valence electrons. The van der Waals surface area contributed by atoms with Crippen molar-refractivity contribution in [1.82, 2.24) is 10.2 Å². The molecule has 3 amide bonds. The van der Waals surface area contributed by atoms with E-state index in [-0.39, 0.29) is 30.2 Å². The minimum absolute atomic E-state index is 0.0140. The molecule has 9 heteroatoms. The number of nitrogens with zero attached hydrogens (tertiary/aromatic N) is 1. The molecule has 2 N–H and O–H groups in total.